The lowest BCUT2D eigenvalue weighted by Crippen LogP contribution is -2.36. The number of aliphatic hydroxyl groups is 1. The van der Waals surface area contributed by atoms with Gasteiger partial charge in [-0.2, -0.15) is 8.78 Å². The summed E-state index contributed by atoms with van der Waals surface area (Å²) in [7, 11) is 0. The summed E-state index contributed by atoms with van der Waals surface area (Å²) in [5.41, 5.74) is 6.27. The molecule has 1 rings (SSSR count). The summed E-state index contributed by atoms with van der Waals surface area (Å²) in [5, 5.41) is 10.0. The normalized spacial score (nSPS) is 15.6. The highest BCUT2D eigenvalue weighted by atomic mass is 19.3. The van der Waals surface area contributed by atoms with E-state index in [-0.39, 0.29) is 11.2 Å². The van der Waals surface area contributed by atoms with Crippen molar-refractivity contribution in [3.63, 3.8) is 0 Å². The fourth-order valence-corrected chi connectivity index (χ4v) is 1.59. The molecule has 0 aromatic heterocycles. The third-order valence-corrected chi connectivity index (χ3v) is 2.72. The topological polar surface area (TPSA) is 55.5 Å². The summed E-state index contributed by atoms with van der Waals surface area (Å²) in [4.78, 5) is 0. The van der Waals surface area contributed by atoms with Crippen LogP contribution in [0, 0.1) is 5.41 Å². The molecule has 5 heteroatoms. The Morgan fingerprint density at radius 3 is 2.06 bits per heavy atom. The second-order valence-corrected chi connectivity index (χ2v) is 5.28. The summed E-state index contributed by atoms with van der Waals surface area (Å²) in [6, 6.07) is 5.42. The van der Waals surface area contributed by atoms with Gasteiger partial charge in [0.2, 0.25) is 0 Å². The zero-order valence-electron chi connectivity index (χ0n) is 10.7. The maximum absolute atomic E-state index is 12.0. The van der Waals surface area contributed by atoms with Crippen LogP contribution in [0.15, 0.2) is 24.3 Å². The van der Waals surface area contributed by atoms with E-state index in [1.54, 1.807) is 12.1 Å². The minimum Gasteiger partial charge on any atom is -0.435 e. The van der Waals surface area contributed by atoms with E-state index in [2.05, 4.69) is 4.74 Å². The van der Waals surface area contributed by atoms with Crippen molar-refractivity contribution in [3.8, 4) is 5.75 Å². The van der Waals surface area contributed by atoms with Crippen LogP contribution in [-0.4, -0.2) is 17.8 Å². The smallest absolute Gasteiger partial charge is 0.387 e. The summed E-state index contributed by atoms with van der Waals surface area (Å²) in [5.74, 6) is 0.0752. The Balaban J connectivity index is 2.79. The molecule has 0 aliphatic rings. The molecule has 18 heavy (non-hydrogen) atoms. The standard InChI is InChI=1S/C13H19F2NO2/c1-13(2,3)11(17)10(16)8-4-6-9(7-5-8)18-12(14)15/h4-7,10-12,17H,16H2,1-3H3/t10-,11-/m0/s1. The van der Waals surface area contributed by atoms with Gasteiger partial charge in [0.1, 0.15) is 5.75 Å². The van der Waals surface area contributed by atoms with E-state index in [4.69, 9.17) is 5.73 Å². The van der Waals surface area contributed by atoms with Gasteiger partial charge in [0.15, 0.2) is 0 Å². The second kappa shape index (κ2) is 5.63. The lowest BCUT2D eigenvalue weighted by Gasteiger charge is -2.31. The molecular formula is C13H19F2NO2. The maximum Gasteiger partial charge on any atom is 0.387 e. The van der Waals surface area contributed by atoms with E-state index in [0.29, 0.717) is 5.56 Å². The first-order chi connectivity index (χ1) is 8.21. The molecule has 0 aliphatic heterocycles. The number of aliphatic hydroxyl groups excluding tert-OH is 1. The summed E-state index contributed by atoms with van der Waals surface area (Å²) >= 11 is 0. The largest absolute Gasteiger partial charge is 0.435 e. The zero-order valence-corrected chi connectivity index (χ0v) is 10.7. The number of benzene rings is 1. The van der Waals surface area contributed by atoms with Gasteiger partial charge in [-0.25, -0.2) is 0 Å². The van der Waals surface area contributed by atoms with E-state index < -0.39 is 18.8 Å². The Hall–Kier alpha value is -1.20. The van der Waals surface area contributed by atoms with Crippen molar-refractivity contribution in [1.29, 1.82) is 0 Å². The van der Waals surface area contributed by atoms with E-state index in [1.165, 1.54) is 12.1 Å². The van der Waals surface area contributed by atoms with Crippen LogP contribution in [0.3, 0.4) is 0 Å². The molecule has 0 saturated carbocycles. The number of rotatable bonds is 4. The van der Waals surface area contributed by atoms with Gasteiger partial charge in [-0.05, 0) is 23.1 Å². The van der Waals surface area contributed by atoms with Crippen LogP contribution in [0.25, 0.3) is 0 Å². The molecule has 0 radical (unpaired) electrons. The van der Waals surface area contributed by atoms with Crippen molar-refractivity contribution in [2.75, 3.05) is 0 Å². The van der Waals surface area contributed by atoms with E-state index in [9.17, 15) is 13.9 Å². The number of nitrogens with two attached hydrogens (primary N) is 1. The highest BCUT2D eigenvalue weighted by Crippen LogP contribution is 2.29. The summed E-state index contributed by atoms with van der Waals surface area (Å²) in [6.45, 7) is 2.80. The van der Waals surface area contributed by atoms with Crippen molar-refractivity contribution in [1.82, 2.24) is 0 Å². The minimum absolute atomic E-state index is 0.0752. The van der Waals surface area contributed by atoms with Crippen LogP contribution >= 0.6 is 0 Å². The molecule has 102 valence electrons. The van der Waals surface area contributed by atoms with Crippen molar-refractivity contribution in [2.45, 2.75) is 39.5 Å². The van der Waals surface area contributed by atoms with Gasteiger partial charge in [-0.3, -0.25) is 0 Å². The van der Waals surface area contributed by atoms with Gasteiger partial charge < -0.3 is 15.6 Å². The predicted octanol–water partition coefficient (Wildman–Crippen LogP) is 2.69. The molecule has 2 atom stereocenters. The van der Waals surface area contributed by atoms with Crippen LogP contribution in [-0.2, 0) is 0 Å². The van der Waals surface area contributed by atoms with E-state index in [0.717, 1.165) is 0 Å². The first-order valence-electron chi connectivity index (χ1n) is 5.70. The second-order valence-electron chi connectivity index (χ2n) is 5.28. The van der Waals surface area contributed by atoms with Crippen LogP contribution in [0.1, 0.15) is 32.4 Å². The predicted molar refractivity (Wildman–Crippen MR) is 65.5 cm³/mol. The van der Waals surface area contributed by atoms with Gasteiger partial charge >= 0.3 is 6.61 Å². The molecule has 3 N–H and O–H groups in total. The van der Waals surface area contributed by atoms with Crippen LogP contribution in [0.5, 0.6) is 5.75 Å². The molecule has 0 heterocycles. The minimum atomic E-state index is -2.84. The van der Waals surface area contributed by atoms with Gasteiger partial charge in [-0.1, -0.05) is 32.9 Å². The molecule has 0 saturated heterocycles. The molecule has 1 aromatic rings. The number of halogens is 2. The fraction of sp³-hybridized carbons (Fsp3) is 0.538. The van der Waals surface area contributed by atoms with E-state index in [1.807, 2.05) is 20.8 Å². The van der Waals surface area contributed by atoms with Gasteiger partial charge in [0, 0.05) is 0 Å². The van der Waals surface area contributed by atoms with Crippen LogP contribution < -0.4 is 10.5 Å². The Labute approximate surface area is 106 Å². The summed E-state index contributed by atoms with van der Waals surface area (Å²) in [6.07, 6.45) is -0.723. The maximum atomic E-state index is 12.0. The third-order valence-electron chi connectivity index (χ3n) is 2.72. The number of ether oxygens (including phenoxy) is 1. The molecule has 0 aliphatic carbocycles. The molecule has 3 nitrogen and oxygen atoms in total. The first kappa shape index (κ1) is 14.9. The number of hydrogen-bond donors (Lipinski definition) is 2. The van der Waals surface area contributed by atoms with Gasteiger partial charge in [0.25, 0.3) is 0 Å². The average Bonchev–Trinajstić information content (AvgIpc) is 2.26. The van der Waals surface area contributed by atoms with Crippen molar-refractivity contribution >= 4 is 0 Å². The van der Waals surface area contributed by atoms with Crippen LogP contribution in [0.2, 0.25) is 0 Å². The lowest BCUT2D eigenvalue weighted by atomic mass is 9.82. The van der Waals surface area contributed by atoms with Crippen LogP contribution in [0.4, 0.5) is 8.78 Å². The molecule has 1 aromatic carbocycles. The highest BCUT2D eigenvalue weighted by Gasteiger charge is 2.28. The molecule has 0 bridgehead atoms. The van der Waals surface area contributed by atoms with Crippen molar-refractivity contribution < 1.29 is 18.6 Å². The Morgan fingerprint density at radius 2 is 1.67 bits per heavy atom. The van der Waals surface area contributed by atoms with Crippen molar-refractivity contribution in [2.24, 2.45) is 11.1 Å². The molecule has 0 spiro atoms. The molecule has 0 unspecified atom stereocenters. The van der Waals surface area contributed by atoms with Gasteiger partial charge in [0.05, 0.1) is 12.1 Å². The monoisotopic (exact) mass is 259 g/mol. The quantitative estimate of drug-likeness (QED) is 0.874. The highest BCUT2D eigenvalue weighted by molar-refractivity contribution is 5.29. The first-order valence-corrected chi connectivity index (χ1v) is 5.70. The number of alkyl halides is 2. The fourth-order valence-electron chi connectivity index (χ4n) is 1.59. The third kappa shape index (κ3) is 3.92. The molecule has 0 amide bonds. The SMILES string of the molecule is CC(C)(C)[C@@H](O)[C@@H](N)c1ccc(OC(F)F)cc1. The Morgan fingerprint density at radius 1 is 1.17 bits per heavy atom. The lowest BCUT2D eigenvalue weighted by molar-refractivity contribution is -0.0498. The Bertz CT molecular complexity index is 374. The number of hydrogen-bond acceptors (Lipinski definition) is 3. The van der Waals surface area contributed by atoms with E-state index >= 15 is 0 Å². The van der Waals surface area contributed by atoms with Crippen molar-refractivity contribution in [3.05, 3.63) is 29.8 Å². The molecular weight excluding hydrogens is 240 g/mol. The Kier molecular flexibility index (Phi) is 4.65. The van der Waals surface area contributed by atoms with Gasteiger partial charge in [-0.15, -0.1) is 0 Å². The summed E-state index contributed by atoms with van der Waals surface area (Å²) < 4.78 is 28.2. The molecule has 0 fully saturated rings. The zero-order chi connectivity index (χ0) is 13.9. The average molecular weight is 259 g/mol.